The zero-order chi connectivity index (χ0) is 18.3. The summed E-state index contributed by atoms with van der Waals surface area (Å²) in [5.41, 5.74) is 2.62. The van der Waals surface area contributed by atoms with Crippen molar-refractivity contribution in [1.29, 1.82) is 0 Å². The van der Waals surface area contributed by atoms with Crippen LogP contribution in [0.5, 0.6) is 11.5 Å². The van der Waals surface area contributed by atoms with Gasteiger partial charge in [-0.15, -0.1) is 0 Å². The Hall–Kier alpha value is -2.95. The molecule has 1 aromatic heterocycles. The van der Waals surface area contributed by atoms with Gasteiger partial charge in [0.2, 0.25) is 0 Å². The van der Waals surface area contributed by atoms with Gasteiger partial charge >= 0.3 is 0 Å². The van der Waals surface area contributed by atoms with Crippen molar-refractivity contribution in [2.24, 2.45) is 0 Å². The molecule has 0 N–H and O–H groups in total. The second-order valence-electron chi connectivity index (χ2n) is 6.50. The van der Waals surface area contributed by atoms with Crippen LogP contribution >= 0.6 is 0 Å². The Morgan fingerprint density at radius 2 is 1.88 bits per heavy atom. The highest BCUT2D eigenvalue weighted by Crippen LogP contribution is 2.37. The van der Waals surface area contributed by atoms with E-state index in [4.69, 9.17) is 13.9 Å². The molecule has 0 unspecified atom stereocenters. The van der Waals surface area contributed by atoms with E-state index < -0.39 is 0 Å². The molecule has 1 aliphatic heterocycles. The van der Waals surface area contributed by atoms with Gasteiger partial charge in [-0.2, -0.15) is 0 Å². The average Bonchev–Trinajstić information content (AvgIpc) is 2.97. The van der Waals surface area contributed by atoms with Crippen LogP contribution in [0, 0.1) is 6.92 Å². The van der Waals surface area contributed by atoms with E-state index in [1.807, 2.05) is 54.3 Å². The minimum atomic E-state index is -0.0725. The number of benzene rings is 2. The van der Waals surface area contributed by atoms with Crippen molar-refractivity contribution in [2.75, 3.05) is 20.8 Å². The zero-order valence-electron chi connectivity index (χ0n) is 15.1. The number of ether oxygens (including phenoxy) is 2. The van der Waals surface area contributed by atoms with Gasteiger partial charge in [0.25, 0.3) is 5.91 Å². The maximum absolute atomic E-state index is 13.1. The number of amides is 1. The fourth-order valence-electron chi connectivity index (χ4n) is 3.49. The van der Waals surface area contributed by atoms with E-state index in [1.165, 1.54) is 0 Å². The number of rotatable bonds is 4. The fraction of sp³-hybridized carbons (Fsp3) is 0.286. The number of methoxy groups -OCH3 is 2. The molecule has 0 aliphatic carbocycles. The molecule has 0 spiro atoms. The minimum Gasteiger partial charge on any atom is -0.497 e. The summed E-state index contributed by atoms with van der Waals surface area (Å²) < 4.78 is 16.4. The normalized spacial score (nSPS) is 16.4. The first-order valence-corrected chi connectivity index (χ1v) is 8.64. The highest BCUT2D eigenvalue weighted by molar-refractivity contribution is 5.99. The van der Waals surface area contributed by atoms with Crippen molar-refractivity contribution >= 4 is 16.9 Å². The summed E-state index contributed by atoms with van der Waals surface area (Å²) in [4.78, 5) is 14.9. The third-order valence-electron chi connectivity index (χ3n) is 5.10. The molecule has 26 heavy (non-hydrogen) atoms. The van der Waals surface area contributed by atoms with Gasteiger partial charge in [-0.1, -0.05) is 12.1 Å². The van der Waals surface area contributed by atoms with Crippen LogP contribution in [0.3, 0.4) is 0 Å². The van der Waals surface area contributed by atoms with E-state index in [-0.39, 0.29) is 11.9 Å². The molecule has 0 bridgehead atoms. The molecule has 2 aromatic carbocycles. The lowest BCUT2D eigenvalue weighted by Gasteiger charge is -2.41. The molecule has 134 valence electrons. The Morgan fingerprint density at radius 1 is 1.12 bits per heavy atom. The molecule has 0 radical (unpaired) electrons. The Balaban J connectivity index is 1.65. The first kappa shape index (κ1) is 16.5. The zero-order valence-corrected chi connectivity index (χ0v) is 15.1. The van der Waals surface area contributed by atoms with Crippen molar-refractivity contribution in [3.05, 3.63) is 59.4 Å². The topological polar surface area (TPSA) is 51.9 Å². The van der Waals surface area contributed by atoms with E-state index in [0.29, 0.717) is 17.1 Å². The number of likely N-dealkylation sites (tertiary alicyclic amines) is 1. The molecule has 1 aliphatic rings. The first-order chi connectivity index (χ1) is 12.6. The minimum absolute atomic E-state index is 0.0553. The van der Waals surface area contributed by atoms with E-state index in [2.05, 4.69) is 0 Å². The van der Waals surface area contributed by atoms with Crippen LogP contribution in [-0.2, 0) is 0 Å². The molecular formula is C21H21NO4. The lowest BCUT2D eigenvalue weighted by Crippen LogP contribution is -2.45. The Kier molecular flexibility index (Phi) is 4.07. The van der Waals surface area contributed by atoms with E-state index in [0.717, 1.165) is 35.2 Å². The number of nitrogens with zero attached hydrogens (tertiary/aromatic N) is 1. The van der Waals surface area contributed by atoms with Crippen molar-refractivity contribution in [3.63, 3.8) is 0 Å². The predicted molar refractivity (Wildman–Crippen MR) is 98.9 cm³/mol. The molecule has 1 atom stereocenters. The van der Waals surface area contributed by atoms with Crippen LogP contribution < -0.4 is 9.47 Å². The van der Waals surface area contributed by atoms with Gasteiger partial charge in [-0.25, -0.2) is 0 Å². The summed E-state index contributed by atoms with van der Waals surface area (Å²) in [6.07, 6.45) is 0.937. The molecule has 1 fully saturated rings. The average molecular weight is 351 g/mol. The number of furan rings is 1. The molecule has 1 amide bonds. The quantitative estimate of drug-likeness (QED) is 0.701. The van der Waals surface area contributed by atoms with Crippen molar-refractivity contribution in [3.8, 4) is 11.5 Å². The number of carbonyl (C=O) groups excluding carboxylic acids is 1. The van der Waals surface area contributed by atoms with Crippen LogP contribution in [0.2, 0.25) is 0 Å². The third kappa shape index (κ3) is 2.60. The summed E-state index contributed by atoms with van der Waals surface area (Å²) in [5.74, 6) is 1.84. The summed E-state index contributed by atoms with van der Waals surface area (Å²) in [7, 11) is 3.26. The molecule has 5 nitrogen and oxygen atoms in total. The van der Waals surface area contributed by atoms with Gasteiger partial charge in [0.05, 0.1) is 20.3 Å². The van der Waals surface area contributed by atoms with Gasteiger partial charge in [0.15, 0.2) is 5.76 Å². The SMILES string of the molecule is COc1cccc([C@@H]2CCN2C(=O)c2oc3cc(OC)ccc3c2C)c1. The van der Waals surface area contributed by atoms with Crippen molar-refractivity contribution in [1.82, 2.24) is 4.90 Å². The van der Waals surface area contributed by atoms with Gasteiger partial charge in [-0.3, -0.25) is 4.79 Å². The number of fused-ring (bicyclic) bond motifs is 1. The maximum Gasteiger partial charge on any atom is 0.290 e. The molecule has 3 aromatic rings. The standard InChI is InChI=1S/C21H21NO4/c1-13-17-8-7-16(25-3)12-19(17)26-20(13)21(23)22-10-9-18(22)14-5-4-6-15(11-14)24-2/h4-8,11-12,18H,9-10H2,1-3H3/t18-/m0/s1. The summed E-state index contributed by atoms with van der Waals surface area (Å²) >= 11 is 0. The number of carbonyl (C=O) groups is 1. The molecule has 5 heteroatoms. The van der Waals surface area contributed by atoms with Gasteiger partial charge < -0.3 is 18.8 Å². The molecule has 0 saturated carbocycles. The summed E-state index contributed by atoms with van der Waals surface area (Å²) in [6.45, 7) is 2.65. The smallest absolute Gasteiger partial charge is 0.290 e. The largest absolute Gasteiger partial charge is 0.497 e. The van der Waals surface area contributed by atoms with Gasteiger partial charge in [-0.05, 0) is 43.2 Å². The summed E-state index contributed by atoms with van der Waals surface area (Å²) in [6, 6.07) is 13.6. The Labute approximate surface area is 152 Å². The van der Waals surface area contributed by atoms with E-state index >= 15 is 0 Å². The molecule has 2 heterocycles. The lowest BCUT2D eigenvalue weighted by atomic mass is 9.94. The highest BCUT2D eigenvalue weighted by atomic mass is 16.5. The van der Waals surface area contributed by atoms with Gasteiger partial charge in [0, 0.05) is 23.6 Å². The van der Waals surface area contributed by atoms with Crippen LogP contribution in [0.15, 0.2) is 46.9 Å². The second-order valence-corrected chi connectivity index (χ2v) is 6.50. The number of hydrogen-bond acceptors (Lipinski definition) is 4. The number of hydrogen-bond donors (Lipinski definition) is 0. The predicted octanol–water partition coefficient (Wildman–Crippen LogP) is 4.35. The fourth-order valence-corrected chi connectivity index (χ4v) is 3.49. The number of aryl methyl sites for hydroxylation is 1. The van der Waals surface area contributed by atoms with Crippen LogP contribution in [0.25, 0.3) is 11.0 Å². The van der Waals surface area contributed by atoms with E-state index in [1.54, 1.807) is 14.2 Å². The lowest BCUT2D eigenvalue weighted by molar-refractivity contribution is 0.0428. The van der Waals surface area contributed by atoms with Crippen LogP contribution in [-0.4, -0.2) is 31.6 Å². The van der Waals surface area contributed by atoms with Crippen LogP contribution in [0.4, 0.5) is 0 Å². The first-order valence-electron chi connectivity index (χ1n) is 8.64. The molecule has 1 saturated heterocycles. The third-order valence-corrected chi connectivity index (χ3v) is 5.10. The second kappa shape index (κ2) is 6.41. The summed E-state index contributed by atoms with van der Waals surface area (Å²) in [5, 5.41) is 0.938. The highest BCUT2D eigenvalue weighted by Gasteiger charge is 2.36. The monoisotopic (exact) mass is 351 g/mol. The Morgan fingerprint density at radius 3 is 2.58 bits per heavy atom. The maximum atomic E-state index is 13.1. The van der Waals surface area contributed by atoms with Crippen LogP contribution in [0.1, 0.15) is 34.1 Å². The molecule has 4 rings (SSSR count). The molecular weight excluding hydrogens is 330 g/mol. The van der Waals surface area contributed by atoms with E-state index in [9.17, 15) is 4.79 Å². The van der Waals surface area contributed by atoms with Crippen molar-refractivity contribution in [2.45, 2.75) is 19.4 Å². The van der Waals surface area contributed by atoms with Gasteiger partial charge in [0.1, 0.15) is 17.1 Å². The van der Waals surface area contributed by atoms with Crippen molar-refractivity contribution < 1.29 is 18.7 Å². The Bertz CT molecular complexity index is 975.